The SMILES string of the molecule is COc1ccc(S(=O)(=O)N2CCN(C(C)C(=O)NC(=O)Nc3ccc(C)cc3C)CC2)cc1. The summed E-state index contributed by atoms with van der Waals surface area (Å²) < 4.78 is 32.3. The predicted octanol–water partition coefficient (Wildman–Crippen LogP) is 2.36. The summed E-state index contributed by atoms with van der Waals surface area (Å²) in [5.74, 6) is 0.143. The van der Waals surface area contributed by atoms with E-state index in [0.29, 0.717) is 24.5 Å². The van der Waals surface area contributed by atoms with Crippen molar-refractivity contribution in [2.75, 3.05) is 38.6 Å². The molecule has 1 aliphatic heterocycles. The van der Waals surface area contributed by atoms with Crippen molar-refractivity contribution in [1.29, 1.82) is 0 Å². The number of amides is 3. The van der Waals surface area contributed by atoms with Gasteiger partial charge in [-0.05, 0) is 56.7 Å². The number of sulfonamides is 1. The molecular formula is C23H30N4O5S. The minimum absolute atomic E-state index is 0.200. The van der Waals surface area contributed by atoms with Gasteiger partial charge in [-0.2, -0.15) is 4.31 Å². The second-order valence-electron chi connectivity index (χ2n) is 8.05. The number of nitrogens with one attached hydrogen (secondary N) is 2. The van der Waals surface area contributed by atoms with Crippen LogP contribution >= 0.6 is 0 Å². The van der Waals surface area contributed by atoms with Gasteiger partial charge in [-0.15, -0.1) is 0 Å². The summed E-state index contributed by atoms with van der Waals surface area (Å²) in [4.78, 5) is 26.9. The van der Waals surface area contributed by atoms with Crippen LogP contribution in [-0.4, -0.2) is 68.9 Å². The molecule has 10 heteroatoms. The lowest BCUT2D eigenvalue weighted by Crippen LogP contribution is -2.55. The number of urea groups is 1. The third kappa shape index (κ3) is 5.89. The van der Waals surface area contributed by atoms with Crippen molar-refractivity contribution < 1.29 is 22.7 Å². The number of anilines is 1. The van der Waals surface area contributed by atoms with E-state index in [4.69, 9.17) is 4.74 Å². The molecular weight excluding hydrogens is 444 g/mol. The molecule has 178 valence electrons. The average Bonchev–Trinajstić information content (AvgIpc) is 2.80. The van der Waals surface area contributed by atoms with Crippen molar-refractivity contribution in [3.8, 4) is 5.75 Å². The number of carbonyl (C=O) groups is 2. The number of imide groups is 1. The van der Waals surface area contributed by atoms with Crippen LogP contribution in [0.4, 0.5) is 10.5 Å². The molecule has 0 spiro atoms. The Morgan fingerprint density at radius 3 is 2.21 bits per heavy atom. The maximum Gasteiger partial charge on any atom is 0.325 e. The lowest BCUT2D eigenvalue weighted by molar-refractivity contribution is -0.125. The summed E-state index contributed by atoms with van der Waals surface area (Å²) in [6.07, 6.45) is 0. The maximum absolute atomic E-state index is 12.9. The number of aryl methyl sites for hydroxylation is 2. The van der Waals surface area contributed by atoms with Gasteiger partial charge in [0, 0.05) is 31.9 Å². The van der Waals surface area contributed by atoms with Crippen molar-refractivity contribution in [2.45, 2.75) is 31.7 Å². The Hall–Kier alpha value is -2.95. The summed E-state index contributed by atoms with van der Waals surface area (Å²) in [6.45, 7) is 6.80. The molecule has 2 N–H and O–H groups in total. The van der Waals surface area contributed by atoms with Crippen molar-refractivity contribution >= 4 is 27.6 Å². The molecule has 0 aromatic heterocycles. The highest BCUT2D eigenvalue weighted by molar-refractivity contribution is 7.89. The monoisotopic (exact) mass is 474 g/mol. The normalized spacial score (nSPS) is 16.1. The number of methoxy groups -OCH3 is 1. The number of hydrogen-bond acceptors (Lipinski definition) is 6. The van der Waals surface area contributed by atoms with Gasteiger partial charge in [0.05, 0.1) is 18.0 Å². The molecule has 1 aliphatic rings. The molecule has 0 saturated carbocycles. The number of benzene rings is 2. The van der Waals surface area contributed by atoms with Gasteiger partial charge in [-0.1, -0.05) is 17.7 Å². The zero-order valence-electron chi connectivity index (χ0n) is 19.3. The highest BCUT2D eigenvalue weighted by Gasteiger charge is 2.32. The number of rotatable bonds is 6. The third-order valence-corrected chi connectivity index (χ3v) is 7.68. The molecule has 33 heavy (non-hydrogen) atoms. The maximum atomic E-state index is 12.9. The number of hydrogen-bond donors (Lipinski definition) is 2. The Balaban J connectivity index is 1.54. The zero-order chi connectivity index (χ0) is 24.2. The molecule has 3 amide bonds. The van der Waals surface area contributed by atoms with E-state index in [2.05, 4.69) is 10.6 Å². The van der Waals surface area contributed by atoms with Crippen molar-refractivity contribution in [1.82, 2.24) is 14.5 Å². The first-order valence-corrected chi connectivity index (χ1v) is 12.1. The summed E-state index contributed by atoms with van der Waals surface area (Å²) >= 11 is 0. The first kappa shape index (κ1) is 24.7. The van der Waals surface area contributed by atoms with E-state index in [1.165, 1.54) is 23.5 Å². The number of ether oxygens (including phenoxy) is 1. The molecule has 1 saturated heterocycles. The highest BCUT2D eigenvalue weighted by atomic mass is 32.2. The topological polar surface area (TPSA) is 108 Å². The van der Waals surface area contributed by atoms with E-state index in [0.717, 1.165) is 11.1 Å². The fraction of sp³-hybridized carbons (Fsp3) is 0.391. The second kappa shape index (κ2) is 10.3. The van der Waals surface area contributed by atoms with Crippen LogP contribution < -0.4 is 15.4 Å². The van der Waals surface area contributed by atoms with E-state index in [1.807, 2.05) is 30.9 Å². The van der Waals surface area contributed by atoms with Gasteiger partial charge in [0.15, 0.2) is 0 Å². The minimum Gasteiger partial charge on any atom is -0.497 e. The van der Waals surface area contributed by atoms with Gasteiger partial charge >= 0.3 is 6.03 Å². The minimum atomic E-state index is -3.63. The Morgan fingerprint density at radius 1 is 1.00 bits per heavy atom. The van der Waals surface area contributed by atoms with Gasteiger partial charge in [0.1, 0.15) is 5.75 Å². The average molecular weight is 475 g/mol. The van der Waals surface area contributed by atoms with Crippen LogP contribution in [0.5, 0.6) is 5.75 Å². The third-order valence-electron chi connectivity index (χ3n) is 5.76. The van der Waals surface area contributed by atoms with Gasteiger partial charge < -0.3 is 10.1 Å². The standard InChI is InChI=1S/C23H30N4O5S/c1-16-5-10-21(17(2)15-16)24-23(29)25-22(28)18(3)26-11-13-27(14-12-26)33(30,31)20-8-6-19(32-4)7-9-20/h5-10,15,18H,11-14H2,1-4H3,(H2,24,25,28,29). The predicted molar refractivity (Wildman–Crippen MR) is 126 cm³/mol. The van der Waals surface area contributed by atoms with Crippen molar-refractivity contribution in [3.63, 3.8) is 0 Å². The molecule has 2 aromatic rings. The van der Waals surface area contributed by atoms with Crippen LogP contribution in [0.25, 0.3) is 0 Å². The molecule has 1 heterocycles. The van der Waals surface area contributed by atoms with Crippen LogP contribution in [0, 0.1) is 13.8 Å². The molecule has 0 radical (unpaired) electrons. The first-order chi connectivity index (χ1) is 15.6. The van der Waals surface area contributed by atoms with E-state index in [-0.39, 0.29) is 18.0 Å². The lowest BCUT2D eigenvalue weighted by atomic mass is 10.1. The molecule has 1 atom stereocenters. The van der Waals surface area contributed by atoms with Gasteiger partial charge in [0.25, 0.3) is 0 Å². The van der Waals surface area contributed by atoms with Gasteiger partial charge in [-0.25, -0.2) is 13.2 Å². The summed E-state index contributed by atoms with van der Waals surface area (Å²) in [5, 5.41) is 5.06. The molecule has 0 bridgehead atoms. The molecule has 2 aromatic carbocycles. The highest BCUT2D eigenvalue weighted by Crippen LogP contribution is 2.21. The summed E-state index contributed by atoms with van der Waals surface area (Å²) in [6, 6.07) is 10.7. The van der Waals surface area contributed by atoms with Crippen molar-refractivity contribution in [3.05, 3.63) is 53.6 Å². The van der Waals surface area contributed by atoms with Crippen LogP contribution in [0.1, 0.15) is 18.1 Å². The molecule has 3 rings (SSSR count). The van der Waals surface area contributed by atoms with E-state index >= 15 is 0 Å². The smallest absolute Gasteiger partial charge is 0.325 e. The Kier molecular flexibility index (Phi) is 7.72. The number of piperazine rings is 1. The zero-order valence-corrected chi connectivity index (χ0v) is 20.1. The fourth-order valence-electron chi connectivity index (χ4n) is 3.72. The lowest BCUT2D eigenvalue weighted by Gasteiger charge is -2.36. The molecule has 0 aliphatic carbocycles. The quantitative estimate of drug-likeness (QED) is 0.666. The van der Waals surface area contributed by atoms with Crippen molar-refractivity contribution in [2.24, 2.45) is 0 Å². The van der Waals surface area contributed by atoms with Crippen LogP contribution in [0.3, 0.4) is 0 Å². The largest absolute Gasteiger partial charge is 0.497 e. The van der Waals surface area contributed by atoms with E-state index in [1.54, 1.807) is 25.1 Å². The first-order valence-electron chi connectivity index (χ1n) is 10.7. The fourth-order valence-corrected chi connectivity index (χ4v) is 5.14. The Morgan fingerprint density at radius 2 is 1.64 bits per heavy atom. The number of carbonyl (C=O) groups excluding carboxylic acids is 2. The van der Waals surface area contributed by atoms with Crippen LogP contribution in [0.2, 0.25) is 0 Å². The van der Waals surface area contributed by atoms with E-state index < -0.39 is 28.0 Å². The molecule has 1 fully saturated rings. The molecule has 1 unspecified atom stereocenters. The van der Waals surface area contributed by atoms with Crippen LogP contribution in [-0.2, 0) is 14.8 Å². The van der Waals surface area contributed by atoms with Gasteiger partial charge in [-0.3, -0.25) is 15.0 Å². The summed E-state index contributed by atoms with van der Waals surface area (Å²) in [5.41, 5.74) is 2.62. The second-order valence-corrected chi connectivity index (χ2v) is 9.99. The van der Waals surface area contributed by atoms with Gasteiger partial charge in [0.2, 0.25) is 15.9 Å². The van der Waals surface area contributed by atoms with E-state index in [9.17, 15) is 18.0 Å². The summed E-state index contributed by atoms with van der Waals surface area (Å²) in [7, 11) is -2.11. The Labute approximate surface area is 194 Å². The number of nitrogens with zero attached hydrogens (tertiary/aromatic N) is 2. The molecule has 9 nitrogen and oxygen atoms in total. The van der Waals surface area contributed by atoms with Crippen LogP contribution in [0.15, 0.2) is 47.4 Å². The Bertz CT molecular complexity index is 1110.